The fourth-order valence-electron chi connectivity index (χ4n) is 2.75. The molecule has 1 aliphatic rings. The Hall–Kier alpha value is -2.37. The van der Waals surface area contributed by atoms with Crippen molar-refractivity contribution in [2.45, 2.75) is 20.8 Å². The highest BCUT2D eigenvalue weighted by Gasteiger charge is 2.45. The summed E-state index contributed by atoms with van der Waals surface area (Å²) in [4.78, 5) is 36.0. The molecule has 1 saturated heterocycles. The van der Waals surface area contributed by atoms with Crippen LogP contribution in [0.2, 0.25) is 0 Å². The van der Waals surface area contributed by atoms with Crippen molar-refractivity contribution in [3.8, 4) is 0 Å². The lowest BCUT2D eigenvalue weighted by molar-refractivity contribution is -0.132. The van der Waals surface area contributed by atoms with Crippen LogP contribution in [0.3, 0.4) is 0 Å². The molecule has 3 amide bonds. The monoisotopic (exact) mass is 303 g/mol. The summed E-state index contributed by atoms with van der Waals surface area (Å²) in [5.41, 5.74) is 5.66. The van der Waals surface area contributed by atoms with Crippen LogP contribution in [0.4, 0.5) is 5.69 Å². The summed E-state index contributed by atoms with van der Waals surface area (Å²) in [6.07, 6.45) is 0. The SMILES string of the molecule is CC(C)(C)[C@@H]1CNC(=O)[C@@H]1C(=O)Nc1ccccc1C(N)=O. The topological polar surface area (TPSA) is 101 Å². The highest BCUT2D eigenvalue weighted by Crippen LogP contribution is 2.35. The van der Waals surface area contributed by atoms with E-state index in [0.717, 1.165) is 0 Å². The van der Waals surface area contributed by atoms with Crippen molar-refractivity contribution in [3.63, 3.8) is 0 Å². The fraction of sp³-hybridized carbons (Fsp3) is 0.438. The third-order valence-electron chi connectivity index (χ3n) is 4.03. The second-order valence-corrected chi connectivity index (χ2v) is 6.59. The predicted octanol–water partition coefficient (Wildman–Crippen LogP) is 1.13. The van der Waals surface area contributed by atoms with Gasteiger partial charge in [-0.25, -0.2) is 0 Å². The minimum absolute atomic E-state index is 0.110. The summed E-state index contributed by atoms with van der Waals surface area (Å²) >= 11 is 0. The number of carbonyl (C=O) groups is 3. The lowest BCUT2D eigenvalue weighted by Gasteiger charge is -2.29. The minimum Gasteiger partial charge on any atom is -0.366 e. The van der Waals surface area contributed by atoms with Gasteiger partial charge in [0.25, 0.3) is 5.91 Å². The molecule has 0 aliphatic carbocycles. The molecule has 0 saturated carbocycles. The number of carbonyl (C=O) groups excluding carboxylic acids is 3. The molecule has 6 nitrogen and oxygen atoms in total. The van der Waals surface area contributed by atoms with Gasteiger partial charge in [-0.2, -0.15) is 0 Å². The van der Waals surface area contributed by atoms with Crippen LogP contribution >= 0.6 is 0 Å². The first-order valence-electron chi connectivity index (χ1n) is 7.19. The van der Waals surface area contributed by atoms with Crippen LogP contribution in [0.1, 0.15) is 31.1 Å². The number of hydrogen-bond donors (Lipinski definition) is 3. The molecule has 1 aromatic carbocycles. The molecule has 1 fully saturated rings. The molecule has 6 heteroatoms. The average molecular weight is 303 g/mol. The van der Waals surface area contributed by atoms with Gasteiger partial charge in [0.15, 0.2) is 0 Å². The second-order valence-electron chi connectivity index (χ2n) is 6.59. The van der Waals surface area contributed by atoms with Crippen molar-refractivity contribution in [3.05, 3.63) is 29.8 Å². The summed E-state index contributed by atoms with van der Waals surface area (Å²) in [6, 6.07) is 6.48. The molecule has 0 unspecified atom stereocenters. The van der Waals surface area contributed by atoms with Crippen molar-refractivity contribution in [2.75, 3.05) is 11.9 Å². The molecule has 2 rings (SSSR count). The van der Waals surface area contributed by atoms with Gasteiger partial charge in [0.1, 0.15) is 5.92 Å². The van der Waals surface area contributed by atoms with Crippen LogP contribution in [0.15, 0.2) is 24.3 Å². The number of amides is 3. The molecule has 0 spiro atoms. The first-order valence-corrected chi connectivity index (χ1v) is 7.19. The minimum atomic E-state index is -0.777. The van der Waals surface area contributed by atoms with Crippen molar-refractivity contribution in [2.24, 2.45) is 23.0 Å². The lowest BCUT2D eigenvalue weighted by Crippen LogP contribution is -2.37. The van der Waals surface area contributed by atoms with Gasteiger partial charge in [0.2, 0.25) is 11.8 Å². The van der Waals surface area contributed by atoms with E-state index in [-0.39, 0.29) is 22.8 Å². The zero-order chi connectivity index (χ0) is 16.5. The van der Waals surface area contributed by atoms with Gasteiger partial charge in [-0.15, -0.1) is 0 Å². The van der Waals surface area contributed by atoms with Gasteiger partial charge in [0.05, 0.1) is 11.3 Å². The predicted molar refractivity (Wildman–Crippen MR) is 83.0 cm³/mol. The van der Waals surface area contributed by atoms with E-state index in [9.17, 15) is 14.4 Å². The number of hydrogen-bond acceptors (Lipinski definition) is 3. The Morgan fingerprint density at radius 3 is 2.50 bits per heavy atom. The van der Waals surface area contributed by atoms with Crippen LogP contribution in [-0.4, -0.2) is 24.3 Å². The van der Waals surface area contributed by atoms with Crippen molar-refractivity contribution in [1.82, 2.24) is 5.32 Å². The summed E-state index contributed by atoms with van der Waals surface area (Å²) in [6.45, 7) is 6.46. The molecule has 1 aliphatic heterocycles. The first-order chi connectivity index (χ1) is 10.2. The van der Waals surface area contributed by atoms with Crippen LogP contribution < -0.4 is 16.4 Å². The maximum atomic E-state index is 12.5. The number of nitrogens with two attached hydrogens (primary N) is 1. The normalized spacial score (nSPS) is 21.3. The number of para-hydroxylation sites is 1. The second kappa shape index (κ2) is 5.79. The Morgan fingerprint density at radius 2 is 1.91 bits per heavy atom. The van der Waals surface area contributed by atoms with E-state index in [1.807, 2.05) is 20.8 Å². The molecule has 22 heavy (non-hydrogen) atoms. The molecule has 4 N–H and O–H groups in total. The zero-order valence-electron chi connectivity index (χ0n) is 13.0. The number of rotatable bonds is 3. The third-order valence-corrected chi connectivity index (χ3v) is 4.03. The van der Waals surface area contributed by atoms with Gasteiger partial charge in [-0.3, -0.25) is 14.4 Å². The number of benzene rings is 1. The fourth-order valence-corrected chi connectivity index (χ4v) is 2.75. The number of anilines is 1. The van der Waals surface area contributed by atoms with E-state index >= 15 is 0 Å². The largest absolute Gasteiger partial charge is 0.366 e. The number of nitrogens with one attached hydrogen (secondary N) is 2. The zero-order valence-corrected chi connectivity index (χ0v) is 13.0. The summed E-state index contributed by atoms with van der Waals surface area (Å²) in [5, 5.41) is 5.40. The molecule has 1 aromatic rings. The smallest absolute Gasteiger partial charge is 0.250 e. The maximum absolute atomic E-state index is 12.5. The standard InChI is InChI=1S/C16H21N3O3/c1-16(2,3)10-8-18-14(21)12(10)15(22)19-11-7-5-4-6-9(11)13(17)20/h4-7,10,12H,8H2,1-3H3,(H2,17,20)(H,18,21)(H,19,22)/t10-,12-/m1/s1. The molecule has 1 heterocycles. The average Bonchev–Trinajstić information content (AvgIpc) is 2.81. The Labute approximate surface area is 129 Å². The van der Waals surface area contributed by atoms with Crippen molar-refractivity contribution in [1.29, 1.82) is 0 Å². The quantitative estimate of drug-likeness (QED) is 0.730. The van der Waals surface area contributed by atoms with E-state index < -0.39 is 17.7 Å². The molecule has 118 valence electrons. The molecule has 0 radical (unpaired) electrons. The van der Waals surface area contributed by atoms with Crippen molar-refractivity contribution >= 4 is 23.4 Å². The Balaban J connectivity index is 2.25. The third kappa shape index (κ3) is 3.10. The highest BCUT2D eigenvalue weighted by atomic mass is 16.2. The highest BCUT2D eigenvalue weighted by molar-refractivity contribution is 6.10. The van der Waals surface area contributed by atoms with Gasteiger partial charge in [0, 0.05) is 12.5 Å². The van der Waals surface area contributed by atoms with E-state index in [4.69, 9.17) is 5.73 Å². The van der Waals surface area contributed by atoms with E-state index in [0.29, 0.717) is 12.2 Å². The summed E-state index contributed by atoms with van der Waals surface area (Å²) < 4.78 is 0. The van der Waals surface area contributed by atoms with Gasteiger partial charge < -0.3 is 16.4 Å². The lowest BCUT2D eigenvalue weighted by atomic mass is 9.74. The molecule has 2 atom stereocenters. The van der Waals surface area contributed by atoms with Gasteiger partial charge in [-0.05, 0) is 17.5 Å². The van der Waals surface area contributed by atoms with Gasteiger partial charge in [-0.1, -0.05) is 32.9 Å². The van der Waals surface area contributed by atoms with Crippen molar-refractivity contribution < 1.29 is 14.4 Å². The van der Waals surface area contributed by atoms with E-state index in [1.165, 1.54) is 6.07 Å². The molecule has 0 aromatic heterocycles. The summed E-state index contributed by atoms with van der Waals surface area (Å²) in [7, 11) is 0. The van der Waals surface area contributed by atoms with E-state index in [2.05, 4.69) is 10.6 Å². The first kappa shape index (κ1) is 16.0. The van der Waals surface area contributed by atoms with Crippen LogP contribution in [0, 0.1) is 17.3 Å². The van der Waals surface area contributed by atoms with E-state index in [1.54, 1.807) is 18.2 Å². The Morgan fingerprint density at radius 1 is 1.27 bits per heavy atom. The Kier molecular flexibility index (Phi) is 4.21. The number of primary amides is 1. The van der Waals surface area contributed by atoms with Crippen LogP contribution in [-0.2, 0) is 9.59 Å². The molecular weight excluding hydrogens is 282 g/mol. The van der Waals surface area contributed by atoms with Crippen LogP contribution in [0.5, 0.6) is 0 Å². The molecule has 0 bridgehead atoms. The van der Waals surface area contributed by atoms with Gasteiger partial charge >= 0.3 is 0 Å². The summed E-state index contributed by atoms with van der Waals surface area (Å²) in [5.74, 6) is -2.21. The maximum Gasteiger partial charge on any atom is 0.250 e. The molecular formula is C16H21N3O3. The Bertz CT molecular complexity index is 619. The van der Waals surface area contributed by atoms with Crippen LogP contribution in [0.25, 0.3) is 0 Å².